The lowest BCUT2D eigenvalue weighted by Gasteiger charge is -2.35. The quantitative estimate of drug-likeness (QED) is 0.557. The Hall–Kier alpha value is -3.54. The molecule has 0 bridgehead atoms. The van der Waals surface area contributed by atoms with Crippen LogP contribution < -0.4 is 10.2 Å². The summed E-state index contributed by atoms with van der Waals surface area (Å²) in [5.74, 6) is 0.931. The van der Waals surface area contributed by atoms with Crippen LogP contribution in [0, 0.1) is 0 Å². The third-order valence-corrected chi connectivity index (χ3v) is 5.59. The van der Waals surface area contributed by atoms with Crippen LogP contribution >= 0.6 is 11.8 Å². The van der Waals surface area contributed by atoms with E-state index in [1.54, 1.807) is 41.5 Å². The first-order valence-corrected chi connectivity index (χ1v) is 10.7. The highest BCUT2D eigenvalue weighted by Crippen LogP contribution is 2.21. The van der Waals surface area contributed by atoms with E-state index >= 15 is 0 Å². The molecule has 0 aliphatic carbocycles. The van der Waals surface area contributed by atoms with Crippen molar-refractivity contribution in [3.05, 3.63) is 42.9 Å². The van der Waals surface area contributed by atoms with Gasteiger partial charge in [0.15, 0.2) is 0 Å². The van der Waals surface area contributed by atoms with Crippen LogP contribution in [0.25, 0.3) is 5.69 Å². The van der Waals surface area contributed by atoms with E-state index in [1.165, 1.54) is 18.7 Å². The van der Waals surface area contributed by atoms with Crippen molar-refractivity contribution >= 4 is 35.1 Å². The molecule has 1 aromatic carbocycles. The van der Waals surface area contributed by atoms with Crippen LogP contribution in [0.1, 0.15) is 6.92 Å². The molecule has 11 nitrogen and oxygen atoms in total. The topological polar surface area (TPSA) is 122 Å². The van der Waals surface area contributed by atoms with Gasteiger partial charge in [0.2, 0.25) is 17.0 Å². The molecule has 0 saturated carbocycles. The molecule has 4 rings (SSSR count). The number of amides is 2. The van der Waals surface area contributed by atoms with Gasteiger partial charge >= 0.3 is 0 Å². The number of carbonyl (C=O) groups is 2. The minimum absolute atomic E-state index is 0.0327. The average Bonchev–Trinajstić information content (AvgIpc) is 3.27. The second-order valence-electron chi connectivity index (χ2n) is 6.82. The molecule has 1 aliphatic heterocycles. The second kappa shape index (κ2) is 9.51. The van der Waals surface area contributed by atoms with E-state index in [9.17, 15) is 9.59 Å². The van der Waals surface area contributed by atoms with Gasteiger partial charge in [0.25, 0.3) is 0 Å². The van der Waals surface area contributed by atoms with Gasteiger partial charge in [-0.15, -0.1) is 5.10 Å². The fourth-order valence-corrected chi connectivity index (χ4v) is 4.00. The van der Waals surface area contributed by atoms with E-state index in [2.05, 4.69) is 35.7 Å². The first kappa shape index (κ1) is 20.7. The summed E-state index contributed by atoms with van der Waals surface area (Å²) in [4.78, 5) is 36.3. The highest BCUT2D eigenvalue weighted by Gasteiger charge is 2.23. The number of piperazine rings is 1. The smallest absolute Gasteiger partial charge is 0.233 e. The van der Waals surface area contributed by atoms with E-state index < -0.39 is 0 Å². The Morgan fingerprint density at radius 3 is 2.74 bits per heavy atom. The molecule has 0 radical (unpaired) electrons. The maximum absolute atomic E-state index is 12.7. The van der Waals surface area contributed by atoms with Crippen LogP contribution in [0.3, 0.4) is 0 Å². The molecule has 1 saturated heterocycles. The second-order valence-corrected chi connectivity index (χ2v) is 7.77. The maximum Gasteiger partial charge on any atom is 0.233 e. The number of nitrogens with one attached hydrogen (secondary N) is 1. The number of thioether (sulfide) groups is 1. The first-order chi connectivity index (χ1) is 15.1. The molecule has 0 unspecified atom stereocenters. The zero-order chi connectivity index (χ0) is 21.6. The van der Waals surface area contributed by atoms with E-state index in [0.717, 1.165) is 5.82 Å². The molecule has 1 fully saturated rings. The number of hydrogen-bond acceptors (Lipinski definition) is 9. The van der Waals surface area contributed by atoms with E-state index in [4.69, 9.17) is 0 Å². The van der Waals surface area contributed by atoms with Crippen molar-refractivity contribution in [2.75, 3.05) is 42.1 Å². The largest absolute Gasteiger partial charge is 0.352 e. The standard InChI is InChI=1S/C19H21N9O2S/c1-14(29)22-15-3-2-4-16(11-15)28-19(23-24-25-28)31-13-18(30)27-9-7-26(8-10-27)17-12-20-5-6-21-17/h2-6,11-12H,7-10,13H2,1H3,(H,22,29). The Morgan fingerprint density at radius 2 is 2.00 bits per heavy atom. The van der Waals surface area contributed by atoms with Gasteiger partial charge in [0, 0.05) is 51.2 Å². The predicted octanol–water partition coefficient (Wildman–Crippen LogP) is 0.852. The summed E-state index contributed by atoms with van der Waals surface area (Å²) in [6, 6.07) is 7.19. The Kier molecular flexibility index (Phi) is 6.36. The summed E-state index contributed by atoms with van der Waals surface area (Å²) in [5, 5.41) is 15.0. The lowest BCUT2D eigenvalue weighted by atomic mass is 10.3. The number of anilines is 2. The predicted molar refractivity (Wildman–Crippen MR) is 115 cm³/mol. The Balaban J connectivity index is 1.34. The summed E-state index contributed by atoms with van der Waals surface area (Å²) in [5.41, 5.74) is 1.34. The number of hydrogen-bond donors (Lipinski definition) is 1. The molecule has 12 heteroatoms. The highest BCUT2D eigenvalue weighted by atomic mass is 32.2. The molecular formula is C19H21N9O2S. The Bertz CT molecular complexity index is 1050. The molecular weight excluding hydrogens is 418 g/mol. The van der Waals surface area contributed by atoms with Gasteiger partial charge < -0.3 is 15.1 Å². The van der Waals surface area contributed by atoms with Crippen LogP contribution in [0.15, 0.2) is 48.0 Å². The van der Waals surface area contributed by atoms with Crippen LogP contribution in [0.2, 0.25) is 0 Å². The third kappa shape index (κ3) is 5.15. The zero-order valence-corrected chi connectivity index (χ0v) is 17.7. The number of benzene rings is 1. The lowest BCUT2D eigenvalue weighted by molar-refractivity contribution is -0.128. The highest BCUT2D eigenvalue weighted by molar-refractivity contribution is 7.99. The minimum Gasteiger partial charge on any atom is -0.352 e. The molecule has 1 N–H and O–H groups in total. The van der Waals surface area contributed by atoms with Crippen molar-refractivity contribution in [2.45, 2.75) is 12.1 Å². The minimum atomic E-state index is -0.159. The molecule has 1 aliphatic rings. The summed E-state index contributed by atoms with van der Waals surface area (Å²) >= 11 is 1.28. The van der Waals surface area contributed by atoms with Crippen molar-refractivity contribution in [2.24, 2.45) is 0 Å². The molecule has 2 amide bonds. The van der Waals surface area contributed by atoms with Crippen molar-refractivity contribution in [1.29, 1.82) is 0 Å². The summed E-state index contributed by atoms with van der Waals surface area (Å²) in [6.45, 7) is 4.12. The van der Waals surface area contributed by atoms with Crippen LogP contribution in [0.5, 0.6) is 0 Å². The van der Waals surface area contributed by atoms with Crippen molar-refractivity contribution in [3.63, 3.8) is 0 Å². The van der Waals surface area contributed by atoms with E-state index in [-0.39, 0.29) is 17.6 Å². The monoisotopic (exact) mass is 439 g/mol. The first-order valence-electron chi connectivity index (χ1n) is 9.68. The molecule has 2 aromatic heterocycles. The SMILES string of the molecule is CC(=O)Nc1cccc(-n2nnnc2SCC(=O)N2CCN(c3cnccn3)CC2)c1. The summed E-state index contributed by atoms with van der Waals surface area (Å²) < 4.78 is 1.55. The molecule has 0 spiro atoms. The number of aromatic nitrogens is 6. The van der Waals surface area contributed by atoms with Crippen molar-refractivity contribution in [1.82, 2.24) is 35.1 Å². The average molecular weight is 440 g/mol. The molecule has 31 heavy (non-hydrogen) atoms. The number of nitrogens with zero attached hydrogens (tertiary/aromatic N) is 8. The summed E-state index contributed by atoms with van der Waals surface area (Å²) in [7, 11) is 0. The molecule has 3 heterocycles. The van der Waals surface area contributed by atoms with Gasteiger partial charge in [-0.2, -0.15) is 4.68 Å². The van der Waals surface area contributed by atoms with E-state index in [1.807, 2.05) is 11.0 Å². The van der Waals surface area contributed by atoms with Gasteiger partial charge in [0.05, 0.1) is 17.6 Å². The number of tetrazole rings is 1. The summed E-state index contributed by atoms with van der Waals surface area (Å²) in [6.07, 6.45) is 5.04. The molecule has 0 atom stereocenters. The van der Waals surface area contributed by atoms with Crippen molar-refractivity contribution < 1.29 is 9.59 Å². The van der Waals surface area contributed by atoms with Gasteiger partial charge in [0.1, 0.15) is 5.82 Å². The zero-order valence-electron chi connectivity index (χ0n) is 16.9. The normalized spacial score (nSPS) is 13.8. The van der Waals surface area contributed by atoms with Gasteiger partial charge in [-0.25, -0.2) is 4.98 Å². The van der Waals surface area contributed by atoms with Gasteiger partial charge in [-0.05, 0) is 28.6 Å². The fourth-order valence-electron chi connectivity index (χ4n) is 3.21. The lowest BCUT2D eigenvalue weighted by Crippen LogP contribution is -2.49. The Morgan fingerprint density at radius 1 is 1.16 bits per heavy atom. The fraction of sp³-hybridized carbons (Fsp3) is 0.316. The molecule has 160 valence electrons. The van der Waals surface area contributed by atoms with Crippen LogP contribution in [0.4, 0.5) is 11.5 Å². The van der Waals surface area contributed by atoms with Gasteiger partial charge in [-0.3, -0.25) is 14.6 Å². The van der Waals surface area contributed by atoms with Crippen LogP contribution in [-0.2, 0) is 9.59 Å². The number of rotatable bonds is 6. The maximum atomic E-state index is 12.7. The van der Waals surface area contributed by atoms with Crippen molar-refractivity contribution in [3.8, 4) is 5.69 Å². The molecule has 3 aromatic rings. The van der Waals surface area contributed by atoms with Crippen LogP contribution in [-0.4, -0.2) is 78.8 Å². The Labute approximate surface area is 182 Å². The number of carbonyl (C=O) groups excluding carboxylic acids is 2. The van der Waals surface area contributed by atoms with E-state index in [0.29, 0.717) is 42.7 Å². The van der Waals surface area contributed by atoms with Gasteiger partial charge in [-0.1, -0.05) is 17.8 Å². The third-order valence-electron chi connectivity index (χ3n) is 4.68.